The van der Waals surface area contributed by atoms with E-state index in [1.54, 1.807) is 0 Å². The maximum absolute atomic E-state index is 12.5. The molecule has 4 rings (SSSR count). The molecule has 0 aromatic heterocycles. The third-order valence-corrected chi connectivity index (χ3v) is 6.32. The number of para-hydroxylation sites is 1. The van der Waals surface area contributed by atoms with Crippen molar-refractivity contribution >= 4 is 11.6 Å². The summed E-state index contributed by atoms with van der Waals surface area (Å²) in [6.07, 6.45) is 12.7. The smallest absolute Gasteiger partial charge is 0.231 e. The molecule has 0 radical (unpaired) electrons. The number of amides is 1. The van der Waals surface area contributed by atoms with E-state index in [1.165, 1.54) is 69.3 Å². The van der Waals surface area contributed by atoms with E-state index in [1.807, 2.05) is 6.07 Å². The first kappa shape index (κ1) is 16.1. The highest BCUT2D eigenvalue weighted by atomic mass is 16.2. The fourth-order valence-electron chi connectivity index (χ4n) is 4.99. The zero-order valence-corrected chi connectivity index (χ0v) is 14.8. The standard InChI is InChI=1S/C21H30N2O/c24-21-16-17-8-6-7-11-20(17)23(21)19-12-14-22(15-13-19)18-9-4-2-1-3-5-10-18/h6-8,11,18-19H,1-5,9-10,12-16H2. The number of rotatable bonds is 2. The Bertz CT molecular complexity index is 569. The molecule has 1 aliphatic carbocycles. The highest BCUT2D eigenvalue weighted by molar-refractivity contribution is 6.01. The van der Waals surface area contributed by atoms with Crippen molar-refractivity contribution in [3.63, 3.8) is 0 Å². The van der Waals surface area contributed by atoms with E-state index in [2.05, 4.69) is 28.0 Å². The van der Waals surface area contributed by atoms with Crippen molar-refractivity contribution < 1.29 is 4.79 Å². The Kier molecular flexibility index (Phi) is 4.88. The maximum Gasteiger partial charge on any atom is 0.231 e. The molecule has 1 amide bonds. The minimum absolute atomic E-state index is 0.306. The van der Waals surface area contributed by atoms with Crippen LogP contribution in [0.4, 0.5) is 5.69 Å². The van der Waals surface area contributed by atoms with Gasteiger partial charge < -0.3 is 9.80 Å². The van der Waals surface area contributed by atoms with Crippen molar-refractivity contribution in [3.8, 4) is 0 Å². The molecule has 3 heteroatoms. The van der Waals surface area contributed by atoms with E-state index in [-0.39, 0.29) is 0 Å². The van der Waals surface area contributed by atoms with Crippen LogP contribution in [0, 0.1) is 0 Å². The van der Waals surface area contributed by atoms with Gasteiger partial charge in [-0.1, -0.05) is 50.3 Å². The molecule has 1 saturated heterocycles. The molecular weight excluding hydrogens is 296 g/mol. The lowest BCUT2D eigenvalue weighted by Crippen LogP contribution is -2.49. The number of carbonyl (C=O) groups is 1. The predicted octanol–water partition coefficient (Wildman–Crippen LogP) is 4.15. The number of piperidine rings is 1. The summed E-state index contributed by atoms with van der Waals surface area (Å²) in [4.78, 5) is 17.4. The summed E-state index contributed by atoms with van der Waals surface area (Å²) in [7, 11) is 0. The summed E-state index contributed by atoms with van der Waals surface area (Å²) < 4.78 is 0. The summed E-state index contributed by atoms with van der Waals surface area (Å²) in [5.41, 5.74) is 2.39. The van der Waals surface area contributed by atoms with Gasteiger partial charge in [0.1, 0.15) is 0 Å². The van der Waals surface area contributed by atoms with Crippen LogP contribution in [0.2, 0.25) is 0 Å². The van der Waals surface area contributed by atoms with E-state index >= 15 is 0 Å². The number of hydrogen-bond donors (Lipinski definition) is 0. The second-order valence-electron chi connectivity index (χ2n) is 7.84. The van der Waals surface area contributed by atoms with Crippen LogP contribution in [0.15, 0.2) is 24.3 Å². The van der Waals surface area contributed by atoms with Crippen LogP contribution in [-0.4, -0.2) is 36.0 Å². The van der Waals surface area contributed by atoms with Crippen LogP contribution >= 0.6 is 0 Å². The SMILES string of the molecule is O=C1Cc2ccccc2N1C1CCN(C2CCCCCCC2)CC1. The van der Waals surface area contributed by atoms with Gasteiger partial charge >= 0.3 is 0 Å². The molecule has 3 aliphatic rings. The minimum Gasteiger partial charge on any atom is -0.309 e. The molecule has 0 bridgehead atoms. The molecule has 2 aliphatic heterocycles. The summed E-state index contributed by atoms with van der Waals surface area (Å²) in [5.74, 6) is 0.306. The fourth-order valence-corrected chi connectivity index (χ4v) is 4.99. The quantitative estimate of drug-likeness (QED) is 0.815. The van der Waals surface area contributed by atoms with Crippen molar-refractivity contribution in [3.05, 3.63) is 29.8 Å². The molecule has 0 N–H and O–H groups in total. The number of carbonyl (C=O) groups excluding carboxylic acids is 1. The van der Waals surface area contributed by atoms with Gasteiger partial charge in [0.15, 0.2) is 0 Å². The van der Waals surface area contributed by atoms with Crippen LogP contribution < -0.4 is 4.90 Å². The van der Waals surface area contributed by atoms with E-state index in [0.717, 1.165) is 18.9 Å². The lowest BCUT2D eigenvalue weighted by atomic mass is 9.93. The molecule has 1 aromatic carbocycles. The molecule has 1 aromatic rings. The molecule has 2 heterocycles. The summed E-state index contributed by atoms with van der Waals surface area (Å²) in [6.45, 7) is 2.34. The third kappa shape index (κ3) is 3.23. The Hall–Kier alpha value is -1.35. The van der Waals surface area contributed by atoms with Gasteiger partial charge in [0.2, 0.25) is 5.91 Å². The largest absolute Gasteiger partial charge is 0.309 e. The lowest BCUT2D eigenvalue weighted by molar-refractivity contribution is -0.118. The van der Waals surface area contributed by atoms with Crippen LogP contribution in [0.25, 0.3) is 0 Å². The average molecular weight is 326 g/mol. The van der Waals surface area contributed by atoms with Gasteiger partial charge in [-0.15, -0.1) is 0 Å². The highest BCUT2D eigenvalue weighted by Crippen LogP contribution is 2.34. The Morgan fingerprint density at radius 1 is 0.792 bits per heavy atom. The molecule has 0 atom stereocenters. The first-order chi connectivity index (χ1) is 11.8. The molecule has 130 valence electrons. The zero-order valence-electron chi connectivity index (χ0n) is 14.8. The highest BCUT2D eigenvalue weighted by Gasteiger charge is 2.35. The number of benzene rings is 1. The molecule has 0 unspecified atom stereocenters. The number of likely N-dealkylation sites (tertiary alicyclic amines) is 1. The topological polar surface area (TPSA) is 23.6 Å². The van der Waals surface area contributed by atoms with E-state index in [9.17, 15) is 4.79 Å². The van der Waals surface area contributed by atoms with Gasteiger partial charge in [-0.25, -0.2) is 0 Å². The van der Waals surface area contributed by atoms with E-state index in [4.69, 9.17) is 0 Å². The van der Waals surface area contributed by atoms with Crippen molar-refractivity contribution in [1.29, 1.82) is 0 Å². The van der Waals surface area contributed by atoms with Crippen molar-refractivity contribution in [2.24, 2.45) is 0 Å². The molecule has 2 fully saturated rings. The Labute approximate surface area is 146 Å². The van der Waals surface area contributed by atoms with Crippen LogP contribution in [0.5, 0.6) is 0 Å². The predicted molar refractivity (Wildman–Crippen MR) is 98.3 cm³/mol. The van der Waals surface area contributed by atoms with Crippen LogP contribution in [0.1, 0.15) is 63.4 Å². The number of nitrogens with zero attached hydrogens (tertiary/aromatic N) is 2. The van der Waals surface area contributed by atoms with Crippen LogP contribution in [-0.2, 0) is 11.2 Å². The number of hydrogen-bond acceptors (Lipinski definition) is 2. The fraction of sp³-hybridized carbons (Fsp3) is 0.667. The van der Waals surface area contributed by atoms with Gasteiger partial charge in [0.25, 0.3) is 0 Å². The summed E-state index contributed by atoms with van der Waals surface area (Å²) in [5, 5.41) is 0. The summed E-state index contributed by atoms with van der Waals surface area (Å²) in [6, 6.07) is 9.55. The van der Waals surface area contributed by atoms with Crippen LogP contribution in [0.3, 0.4) is 0 Å². The zero-order chi connectivity index (χ0) is 16.4. The van der Waals surface area contributed by atoms with Gasteiger partial charge in [-0.2, -0.15) is 0 Å². The van der Waals surface area contributed by atoms with E-state index in [0.29, 0.717) is 18.4 Å². The first-order valence-electron chi connectivity index (χ1n) is 9.97. The van der Waals surface area contributed by atoms with Gasteiger partial charge in [-0.3, -0.25) is 4.79 Å². The second kappa shape index (κ2) is 7.26. The van der Waals surface area contributed by atoms with E-state index < -0.39 is 0 Å². The summed E-state index contributed by atoms with van der Waals surface area (Å²) >= 11 is 0. The number of fused-ring (bicyclic) bond motifs is 1. The average Bonchev–Trinajstić information content (AvgIpc) is 2.91. The Balaban J connectivity index is 1.38. The monoisotopic (exact) mass is 326 g/mol. The van der Waals surface area contributed by atoms with Crippen molar-refractivity contribution in [1.82, 2.24) is 4.90 Å². The molecule has 1 saturated carbocycles. The Morgan fingerprint density at radius 2 is 1.46 bits per heavy atom. The maximum atomic E-state index is 12.5. The minimum atomic E-state index is 0.306. The van der Waals surface area contributed by atoms with Gasteiger partial charge in [0.05, 0.1) is 6.42 Å². The third-order valence-electron chi connectivity index (χ3n) is 6.32. The molecule has 24 heavy (non-hydrogen) atoms. The van der Waals surface area contributed by atoms with Crippen molar-refractivity contribution in [2.45, 2.75) is 76.3 Å². The Morgan fingerprint density at radius 3 is 2.21 bits per heavy atom. The molecular formula is C21H30N2O. The number of anilines is 1. The van der Waals surface area contributed by atoms with Gasteiger partial charge in [-0.05, 0) is 37.3 Å². The van der Waals surface area contributed by atoms with Crippen molar-refractivity contribution in [2.75, 3.05) is 18.0 Å². The molecule has 3 nitrogen and oxygen atoms in total. The first-order valence-corrected chi connectivity index (χ1v) is 9.97. The second-order valence-corrected chi connectivity index (χ2v) is 7.84. The lowest BCUT2D eigenvalue weighted by Gasteiger charge is -2.41. The van der Waals surface area contributed by atoms with Gasteiger partial charge in [0, 0.05) is 30.9 Å². The normalized spacial score (nSPS) is 24.7. The molecule has 0 spiro atoms.